The summed E-state index contributed by atoms with van der Waals surface area (Å²) in [6.07, 6.45) is 3.21. The lowest BCUT2D eigenvalue weighted by Crippen LogP contribution is -2.33. The van der Waals surface area contributed by atoms with Crippen LogP contribution in [0.15, 0.2) is 36.7 Å². The van der Waals surface area contributed by atoms with E-state index in [4.69, 9.17) is 10.00 Å². The maximum absolute atomic E-state index is 9.85. The predicted molar refractivity (Wildman–Crippen MR) is 82.5 cm³/mol. The first-order valence-corrected chi connectivity index (χ1v) is 7.18. The van der Waals surface area contributed by atoms with Crippen molar-refractivity contribution < 1.29 is 9.84 Å². The van der Waals surface area contributed by atoms with E-state index in [1.807, 2.05) is 30.1 Å². The molecule has 0 aliphatic rings. The molecule has 1 aromatic heterocycles. The summed E-state index contributed by atoms with van der Waals surface area (Å²) in [7, 11) is 0. The lowest BCUT2D eigenvalue weighted by Gasteiger charge is -2.13. The number of aliphatic hydroxyl groups excluding tert-OH is 1. The van der Waals surface area contributed by atoms with Gasteiger partial charge in [-0.15, -0.1) is 0 Å². The summed E-state index contributed by atoms with van der Waals surface area (Å²) >= 11 is 0. The Kier molecular flexibility index (Phi) is 5.95. The largest absolute Gasteiger partial charge is 0.491 e. The smallest absolute Gasteiger partial charge is 0.119 e. The SMILES string of the molecule is Cc1cnn(CCNCC(O)COc2ccc(C#N)cc2)c1. The van der Waals surface area contributed by atoms with Gasteiger partial charge in [0, 0.05) is 19.3 Å². The van der Waals surface area contributed by atoms with Crippen molar-refractivity contribution in [1.29, 1.82) is 5.26 Å². The minimum atomic E-state index is -0.588. The molecule has 0 radical (unpaired) electrons. The van der Waals surface area contributed by atoms with Crippen molar-refractivity contribution in [2.45, 2.75) is 19.6 Å². The van der Waals surface area contributed by atoms with Crippen LogP contribution in [0.25, 0.3) is 0 Å². The Bertz CT molecular complexity index is 616. The standard InChI is InChI=1S/C16H20N4O2/c1-13-9-19-20(11-13)7-6-18-10-15(21)12-22-16-4-2-14(8-17)3-5-16/h2-5,9,11,15,18,21H,6-7,10,12H2,1H3. The fraction of sp³-hybridized carbons (Fsp3) is 0.375. The molecule has 0 bridgehead atoms. The number of nitrogens with zero attached hydrogens (tertiary/aromatic N) is 3. The van der Waals surface area contributed by atoms with Crippen LogP contribution in [-0.4, -0.2) is 40.7 Å². The molecule has 2 aromatic rings. The van der Waals surface area contributed by atoms with Crippen molar-refractivity contribution in [3.63, 3.8) is 0 Å². The maximum Gasteiger partial charge on any atom is 0.119 e. The molecular formula is C16H20N4O2. The van der Waals surface area contributed by atoms with Crippen LogP contribution >= 0.6 is 0 Å². The number of aromatic nitrogens is 2. The predicted octanol–water partition coefficient (Wildman–Crippen LogP) is 1.09. The molecular weight excluding hydrogens is 280 g/mol. The second kappa shape index (κ2) is 8.17. The van der Waals surface area contributed by atoms with E-state index in [0.29, 0.717) is 17.9 Å². The van der Waals surface area contributed by atoms with Gasteiger partial charge >= 0.3 is 0 Å². The summed E-state index contributed by atoms with van der Waals surface area (Å²) in [4.78, 5) is 0. The highest BCUT2D eigenvalue weighted by Gasteiger charge is 2.05. The van der Waals surface area contributed by atoms with Gasteiger partial charge in [-0.1, -0.05) is 0 Å². The molecule has 22 heavy (non-hydrogen) atoms. The fourth-order valence-electron chi connectivity index (χ4n) is 1.93. The highest BCUT2D eigenvalue weighted by Crippen LogP contribution is 2.11. The summed E-state index contributed by atoms with van der Waals surface area (Å²) in [5.41, 5.74) is 1.72. The first kappa shape index (κ1) is 16.0. The third kappa shape index (κ3) is 5.20. The lowest BCUT2D eigenvalue weighted by molar-refractivity contribution is 0.106. The molecule has 1 aromatic carbocycles. The van der Waals surface area contributed by atoms with Crippen LogP contribution in [0.1, 0.15) is 11.1 Å². The van der Waals surface area contributed by atoms with E-state index in [-0.39, 0.29) is 6.61 Å². The van der Waals surface area contributed by atoms with Crippen LogP contribution in [0.3, 0.4) is 0 Å². The zero-order chi connectivity index (χ0) is 15.8. The van der Waals surface area contributed by atoms with Gasteiger partial charge in [0.2, 0.25) is 0 Å². The van der Waals surface area contributed by atoms with Gasteiger partial charge in [0.25, 0.3) is 0 Å². The highest BCUT2D eigenvalue weighted by atomic mass is 16.5. The molecule has 0 saturated heterocycles. The molecule has 1 unspecified atom stereocenters. The van der Waals surface area contributed by atoms with Crippen molar-refractivity contribution in [2.75, 3.05) is 19.7 Å². The normalized spacial score (nSPS) is 11.9. The minimum absolute atomic E-state index is 0.208. The highest BCUT2D eigenvalue weighted by molar-refractivity contribution is 5.34. The molecule has 0 spiro atoms. The van der Waals surface area contributed by atoms with Gasteiger partial charge in [0.15, 0.2) is 0 Å². The van der Waals surface area contributed by atoms with Crippen molar-refractivity contribution >= 4 is 0 Å². The van der Waals surface area contributed by atoms with Crippen LogP contribution in [0.4, 0.5) is 0 Å². The molecule has 0 aliphatic heterocycles. The Hall–Kier alpha value is -2.36. The quantitative estimate of drug-likeness (QED) is 0.713. The number of benzene rings is 1. The van der Waals surface area contributed by atoms with Gasteiger partial charge in [-0.3, -0.25) is 4.68 Å². The number of ether oxygens (including phenoxy) is 1. The van der Waals surface area contributed by atoms with E-state index in [9.17, 15) is 5.11 Å². The Morgan fingerprint density at radius 1 is 1.41 bits per heavy atom. The molecule has 2 N–H and O–H groups in total. The van der Waals surface area contributed by atoms with Gasteiger partial charge in [-0.25, -0.2) is 0 Å². The van der Waals surface area contributed by atoms with E-state index in [0.717, 1.165) is 18.7 Å². The van der Waals surface area contributed by atoms with E-state index >= 15 is 0 Å². The van der Waals surface area contributed by atoms with Crippen LogP contribution < -0.4 is 10.1 Å². The van der Waals surface area contributed by atoms with Gasteiger partial charge < -0.3 is 15.2 Å². The Balaban J connectivity index is 1.61. The molecule has 0 amide bonds. The molecule has 1 heterocycles. The summed E-state index contributed by atoms with van der Waals surface area (Å²) in [5.74, 6) is 0.644. The van der Waals surface area contributed by atoms with Gasteiger partial charge in [-0.2, -0.15) is 10.4 Å². The number of aryl methyl sites for hydroxylation is 1. The Morgan fingerprint density at radius 2 is 2.18 bits per heavy atom. The van der Waals surface area contributed by atoms with Crippen LogP contribution in [0.2, 0.25) is 0 Å². The zero-order valence-corrected chi connectivity index (χ0v) is 12.6. The molecule has 0 saturated carbocycles. The monoisotopic (exact) mass is 300 g/mol. The molecule has 1 atom stereocenters. The Morgan fingerprint density at radius 3 is 2.82 bits per heavy atom. The topological polar surface area (TPSA) is 83.1 Å². The van der Waals surface area contributed by atoms with Crippen molar-refractivity contribution in [2.24, 2.45) is 0 Å². The summed E-state index contributed by atoms with van der Waals surface area (Å²) in [6, 6.07) is 8.86. The maximum atomic E-state index is 9.85. The van der Waals surface area contributed by atoms with E-state index in [2.05, 4.69) is 10.4 Å². The van der Waals surface area contributed by atoms with Gasteiger partial charge in [0.1, 0.15) is 18.5 Å². The molecule has 6 nitrogen and oxygen atoms in total. The van der Waals surface area contributed by atoms with Gasteiger partial charge in [0.05, 0.1) is 24.4 Å². The van der Waals surface area contributed by atoms with Crippen LogP contribution in [-0.2, 0) is 6.54 Å². The molecule has 2 rings (SSSR count). The van der Waals surface area contributed by atoms with Gasteiger partial charge in [-0.05, 0) is 36.8 Å². The third-order valence-electron chi connectivity index (χ3n) is 3.09. The first-order chi connectivity index (χ1) is 10.7. The van der Waals surface area contributed by atoms with E-state index in [1.54, 1.807) is 24.3 Å². The number of rotatable bonds is 8. The summed E-state index contributed by atoms with van der Waals surface area (Å²) in [5, 5.41) is 25.9. The van der Waals surface area contributed by atoms with Crippen LogP contribution in [0, 0.1) is 18.3 Å². The molecule has 0 aliphatic carbocycles. The second-order valence-electron chi connectivity index (χ2n) is 5.09. The number of hydrogen-bond donors (Lipinski definition) is 2. The van der Waals surface area contributed by atoms with Crippen LogP contribution in [0.5, 0.6) is 5.75 Å². The number of hydrogen-bond acceptors (Lipinski definition) is 5. The average molecular weight is 300 g/mol. The minimum Gasteiger partial charge on any atom is -0.491 e. The number of nitriles is 1. The number of nitrogens with one attached hydrogen (secondary N) is 1. The molecule has 6 heteroatoms. The second-order valence-corrected chi connectivity index (χ2v) is 5.09. The zero-order valence-electron chi connectivity index (χ0n) is 12.6. The lowest BCUT2D eigenvalue weighted by atomic mass is 10.2. The number of aliphatic hydroxyl groups is 1. The molecule has 116 valence electrons. The average Bonchev–Trinajstić information content (AvgIpc) is 2.95. The van der Waals surface area contributed by atoms with Crippen molar-refractivity contribution in [3.05, 3.63) is 47.8 Å². The van der Waals surface area contributed by atoms with E-state index in [1.165, 1.54) is 0 Å². The molecule has 0 fully saturated rings. The fourth-order valence-corrected chi connectivity index (χ4v) is 1.93. The van der Waals surface area contributed by atoms with Crippen molar-refractivity contribution in [1.82, 2.24) is 15.1 Å². The summed E-state index contributed by atoms with van der Waals surface area (Å²) in [6.45, 7) is 4.16. The van der Waals surface area contributed by atoms with Crippen molar-refractivity contribution in [3.8, 4) is 11.8 Å². The first-order valence-electron chi connectivity index (χ1n) is 7.18. The summed E-state index contributed by atoms with van der Waals surface area (Å²) < 4.78 is 7.33. The third-order valence-corrected chi connectivity index (χ3v) is 3.09. The van der Waals surface area contributed by atoms with E-state index < -0.39 is 6.10 Å². The Labute approximate surface area is 130 Å².